The predicted molar refractivity (Wildman–Crippen MR) is 124 cm³/mol. The normalized spacial score (nSPS) is 24.9. The number of carbonyl (C=O) groups excluding carboxylic acids is 1. The number of rotatable bonds is 6. The highest BCUT2D eigenvalue weighted by Gasteiger charge is 2.59. The number of benzene rings is 2. The summed E-state index contributed by atoms with van der Waals surface area (Å²) >= 11 is 0. The van der Waals surface area contributed by atoms with Gasteiger partial charge in [-0.3, -0.25) is 9.59 Å². The van der Waals surface area contributed by atoms with Crippen molar-refractivity contribution in [2.24, 2.45) is 5.92 Å². The first kappa shape index (κ1) is 21.9. The molecule has 2 unspecified atom stereocenters. The molecule has 7 heteroatoms. The van der Waals surface area contributed by atoms with Crippen molar-refractivity contribution in [3.8, 4) is 0 Å². The molecule has 4 heterocycles. The maximum atomic E-state index is 13.5. The van der Waals surface area contributed by atoms with E-state index >= 15 is 0 Å². The van der Waals surface area contributed by atoms with Crippen LogP contribution in [0.15, 0.2) is 42.5 Å². The summed E-state index contributed by atoms with van der Waals surface area (Å²) in [4.78, 5) is 29.5. The van der Waals surface area contributed by atoms with Crippen molar-refractivity contribution in [1.29, 1.82) is 0 Å². The highest BCUT2D eigenvalue weighted by Crippen LogP contribution is 2.47. The van der Waals surface area contributed by atoms with E-state index in [0.29, 0.717) is 26.2 Å². The van der Waals surface area contributed by atoms with Crippen LogP contribution in [0.25, 0.3) is 0 Å². The van der Waals surface area contributed by atoms with Gasteiger partial charge in [-0.15, -0.1) is 0 Å². The summed E-state index contributed by atoms with van der Waals surface area (Å²) in [6.07, 6.45) is 2.02. The molecular formula is C26H31N3O4. The minimum atomic E-state index is -0.936. The molecule has 33 heavy (non-hydrogen) atoms. The molecule has 2 bridgehead atoms. The summed E-state index contributed by atoms with van der Waals surface area (Å²) in [7, 11) is 0. The summed E-state index contributed by atoms with van der Waals surface area (Å²) in [5.74, 6) is -2.64. The van der Waals surface area contributed by atoms with Crippen molar-refractivity contribution < 1.29 is 19.4 Å². The standard InChI is InChI=1S/C26H31N3O4/c1-17-7-8-19(11-18(17)2)12-21(25(31)32)13-24(30)29-10-9-22-14-26(29,33-22)28-15-20-5-3-4-6-23(20)27-16-28/h3-8,11,21-22,27H,9-10,12-16H2,1-2H3,(H,31,32)/t21?,22?,26-/m1/s1. The summed E-state index contributed by atoms with van der Waals surface area (Å²) in [5.41, 5.74) is 5.52. The Bertz CT molecular complexity index is 1080. The Labute approximate surface area is 194 Å². The summed E-state index contributed by atoms with van der Waals surface area (Å²) in [5, 5.41) is 13.3. The van der Waals surface area contributed by atoms with E-state index in [-0.39, 0.29) is 18.4 Å². The molecule has 7 nitrogen and oxygen atoms in total. The second-order valence-corrected chi connectivity index (χ2v) is 9.57. The lowest BCUT2D eigenvalue weighted by Crippen LogP contribution is -2.76. The topological polar surface area (TPSA) is 82.1 Å². The van der Waals surface area contributed by atoms with E-state index in [0.717, 1.165) is 29.7 Å². The number of nitrogens with zero attached hydrogens (tertiary/aromatic N) is 2. The van der Waals surface area contributed by atoms with Crippen LogP contribution in [0.4, 0.5) is 5.69 Å². The monoisotopic (exact) mass is 449 g/mol. The van der Waals surface area contributed by atoms with Crippen LogP contribution in [0.3, 0.4) is 0 Å². The van der Waals surface area contributed by atoms with Gasteiger partial charge in [0.15, 0.2) is 0 Å². The van der Waals surface area contributed by atoms with Crippen LogP contribution in [0.5, 0.6) is 0 Å². The third-order valence-corrected chi connectivity index (χ3v) is 7.40. The number of carboxylic acid groups (broad SMARTS) is 1. The second kappa shape index (κ2) is 8.47. The van der Waals surface area contributed by atoms with Crippen LogP contribution in [0.1, 0.15) is 41.5 Å². The molecule has 2 aromatic carbocycles. The Hall–Kier alpha value is -2.90. The lowest BCUT2D eigenvalue weighted by atomic mass is 9.90. The number of amides is 1. The van der Waals surface area contributed by atoms with Crippen LogP contribution in [-0.2, 0) is 27.3 Å². The average Bonchev–Trinajstić information content (AvgIpc) is 2.79. The molecule has 0 aliphatic carbocycles. The fourth-order valence-electron chi connectivity index (χ4n) is 5.33. The molecule has 174 valence electrons. The molecule has 3 atom stereocenters. The minimum Gasteiger partial charge on any atom is -0.481 e. The first-order chi connectivity index (χ1) is 15.9. The van der Waals surface area contributed by atoms with Gasteiger partial charge in [-0.25, -0.2) is 4.90 Å². The number of aliphatic carboxylic acids is 1. The van der Waals surface area contributed by atoms with Gasteiger partial charge in [0.2, 0.25) is 11.8 Å². The van der Waals surface area contributed by atoms with Crippen LogP contribution in [0, 0.1) is 19.8 Å². The number of carbonyl (C=O) groups is 2. The van der Waals surface area contributed by atoms with Crippen LogP contribution in [0.2, 0.25) is 0 Å². The number of hydrogen-bond donors (Lipinski definition) is 2. The van der Waals surface area contributed by atoms with Gasteiger partial charge in [0, 0.05) is 31.6 Å². The molecule has 2 aromatic rings. The molecule has 1 amide bonds. The molecule has 0 saturated carbocycles. The van der Waals surface area contributed by atoms with Crippen molar-refractivity contribution >= 4 is 17.6 Å². The van der Waals surface area contributed by atoms with E-state index in [1.807, 2.05) is 44.2 Å². The fraction of sp³-hybridized carbons (Fsp3) is 0.462. The molecular weight excluding hydrogens is 418 g/mol. The number of aryl methyl sites for hydroxylation is 2. The number of anilines is 1. The van der Waals surface area contributed by atoms with Gasteiger partial charge in [-0.05, 0) is 55.0 Å². The zero-order chi connectivity index (χ0) is 23.2. The Kier molecular flexibility index (Phi) is 5.62. The molecule has 0 radical (unpaired) electrons. The number of piperidine rings is 1. The van der Waals surface area contributed by atoms with Gasteiger partial charge in [-0.2, -0.15) is 0 Å². The van der Waals surface area contributed by atoms with E-state index in [1.54, 1.807) is 4.90 Å². The largest absolute Gasteiger partial charge is 0.481 e. The first-order valence-corrected chi connectivity index (χ1v) is 11.7. The zero-order valence-corrected chi connectivity index (χ0v) is 19.2. The number of nitrogens with one attached hydrogen (secondary N) is 1. The van der Waals surface area contributed by atoms with Gasteiger partial charge in [-0.1, -0.05) is 36.4 Å². The third-order valence-electron chi connectivity index (χ3n) is 7.40. The van der Waals surface area contributed by atoms with Crippen molar-refractivity contribution in [1.82, 2.24) is 9.80 Å². The number of para-hydroxylation sites is 1. The number of hydrogen-bond acceptors (Lipinski definition) is 5. The maximum Gasteiger partial charge on any atom is 0.307 e. The van der Waals surface area contributed by atoms with E-state index in [2.05, 4.69) is 22.3 Å². The van der Waals surface area contributed by atoms with Gasteiger partial charge in [0.1, 0.15) is 0 Å². The number of fused-ring (bicyclic) bond motifs is 3. The van der Waals surface area contributed by atoms with Crippen LogP contribution in [-0.4, -0.2) is 51.9 Å². The average molecular weight is 450 g/mol. The van der Waals surface area contributed by atoms with Gasteiger partial charge < -0.3 is 20.1 Å². The van der Waals surface area contributed by atoms with Gasteiger partial charge in [0.25, 0.3) is 0 Å². The van der Waals surface area contributed by atoms with E-state index in [9.17, 15) is 14.7 Å². The Morgan fingerprint density at radius 3 is 2.76 bits per heavy atom. The summed E-state index contributed by atoms with van der Waals surface area (Å²) in [6.45, 7) is 5.92. The molecule has 0 spiro atoms. The van der Waals surface area contributed by atoms with Crippen molar-refractivity contribution in [2.45, 2.75) is 58.0 Å². The lowest BCUT2D eigenvalue weighted by Gasteiger charge is -2.62. The van der Waals surface area contributed by atoms with E-state index < -0.39 is 17.7 Å². The smallest absolute Gasteiger partial charge is 0.307 e. The fourth-order valence-corrected chi connectivity index (χ4v) is 5.33. The SMILES string of the molecule is Cc1ccc(CC(CC(=O)N2CCC3C[C@]2(N2CNc4ccccc4C2)O3)C(=O)O)cc1C. The molecule has 2 N–H and O–H groups in total. The Balaban J connectivity index is 1.33. The maximum absolute atomic E-state index is 13.5. The minimum absolute atomic E-state index is 0.0319. The molecule has 4 aliphatic heterocycles. The van der Waals surface area contributed by atoms with E-state index in [4.69, 9.17) is 4.74 Å². The van der Waals surface area contributed by atoms with Crippen LogP contribution < -0.4 is 5.32 Å². The third kappa shape index (κ3) is 4.00. The summed E-state index contributed by atoms with van der Waals surface area (Å²) in [6, 6.07) is 14.2. The lowest BCUT2D eigenvalue weighted by molar-refractivity contribution is -0.369. The number of carboxylic acids is 1. The highest BCUT2D eigenvalue weighted by atomic mass is 16.6. The van der Waals surface area contributed by atoms with Crippen molar-refractivity contribution in [3.63, 3.8) is 0 Å². The Morgan fingerprint density at radius 1 is 1.21 bits per heavy atom. The molecule has 3 saturated heterocycles. The molecule has 0 aromatic heterocycles. The number of ether oxygens (including phenoxy) is 1. The Morgan fingerprint density at radius 2 is 2.00 bits per heavy atom. The molecule has 3 fully saturated rings. The predicted octanol–water partition coefficient (Wildman–Crippen LogP) is 3.50. The summed E-state index contributed by atoms with van der Waals surface area (Å²) < 4.78 is 6.28. The first-order valence-electron chi connectivity index (χ1n) is 11.7. The van der Waals surface area contributed by atoms with E-state index in [1.165, 1.54) is 11.1 Å². The quantitative estimate of drug-likeness (QED) is 0.703. The molecule has 4 aliphatic rings. The second-order valence-electron chi connectivity index (χ2n) is 9.57. The van der Waals surface area contributed by atoms with Gasteiger partial charge in [0.05, 0.1) is 18.7 Å². The van der Waals surface area contributed by atoms with Crippen LogP contribution >= 0.6 is 0 Å². The van der Waals surface area contributed by atoms with Gasteiger partial charge >= 0.3 is 5.97 Å². The van der Waals surface area contributed by atoms with Crippen molar-refractivity contribution in [2.75, 3.05) is 18.5 Å². The highest BCUT2D eigenvalue weighted by molar-refractivity contribution is 5.83. The zero-order valence-electron chi connectivity index (χ0n) is 19.2. The molecule has 6 rings (SSSR count). The van der Waals surface area contributed by atoms with Crippen molar-refractivity contribution in [3.05, 3.63) is 64.7 Å².